The topological polar surface area (TPSA) is 103 Å². The number of ether oxygens (including phenoxy) is 3. The summed E-state index contributed by atoms with van der Waals surface area (Å²) < 4.78 is 16.2. The van der Waals surface area contributed by atoms with Crippen molar-refractivity contribution in [3.63, 3.8) is 0 Å². The molecule has 2 aromatic carbocycles. The van der Waals surface area contributed by atoms with E-state index in [0.717, 1.165) is 6.42 Å². The Labute approximate surface area is 168 Å². The molecule has 0 aromatic heterocycles. The van der Waals surface area contributed by atoms with Crippen LogP contribution in [0.5, 0.6) is 11.5 Å². The monoisotopic (exact) mass is 398 g/mol. The fourth-order valence-electron chi connectivity index (χ4n) is 2.71. The Morgan fingerprint density at radius 2 is 1.62 bits per heavy atom. The highest BCUT2D eigenvalue weighted by atomic mass is 16.5. The SMILES string of the molecule is CC(=O)Nc1ccc(CC(=O)OCC(=O)Nc2ccc3c(c2)OCCCO3)cc1. The summed E-state index contributed by atoms with van der Waals surface area (Å²) in [6.07, 6.45) is 0.819. The lowest BCUT2D eigenvalue weighted by molar-refractivity contribution is -0.146. The van der Waals surface area contributed by atoms with E-state index in [-0.39, 0.29) is 12.3 Å². The zero-order valence-corrected chi connectivity index (χ0v) is 16.0. The molecule has 8 heteroatoms. The van der Waals surface area contributed by atoms with Crippen LogP contribution < -0.4 is 20.1 Å². The standard InChI is InChI=1S/C21H22N2O6/c1-14(24)22-16-5-3-15(4-6-16)11-21(26)29-13-20(25)23-17-7-8-18-19(12-17)28-10-2-9-27-18/h3-8,12H,2,9-11,13H2,1H3,(H,22,24)(H,23,25). The van der Waals surface area contributed by atoms with Crippen molar-refractivity contribution in [2.45, 2.75) is 19.8 Å². The smallest absolute Gasteiger partial charge is 0.310 e. The third kappa shape index (κ3) is 6.24. The number of hydrogen-bond acceptors (Lipinski definition) is 6. The van der Waals surface area contributed by atoms with Gasteiger partial charge in [-0.25, -0.2) is 0 Å². The fraction of sp³-hybridized carbons (Fsp3) is 0.286. The van der Waals surface area contributed by atoms with Crippen molar-refractivity contribution >= 4 is 29.2 Å². The minimum absolute atomic E-state index is 0.0255. The Morgan fingerprint density at radius 1 is 0.931 bits per heavy atom. The molecule has 0 bridgehead atoms. The summed E-state index contributed by atoms with van der Waals surface area (Å²) in [6, 6.07) is 11.9. The minimum Gasteiger partial charge on any atom is -0.490 e. The van der Waals surface area contributed by atoms with E-state index >= 15 is 0 Å². The van der Waals surface area contributed by atoms with Crippen molar-refractivity contribution in [1.82, 2.24) is 0 Å². The number of carbonyl (C=O) groups is 3. The number of nitrogens with one attached hydrogen (secondary N) is 2. The normalized spacial score (nSPS) is 12.4. The van der Waals surface area contributed by atoms with E-state index in [0.29, 0.717) is 41.7 Å². The minimum atomic E-state index is -0.522. The maximum absolute atomic E-state index is 12.1. The highest BCUT2D eigenvalue weighted by Gasteiger charge is 2.13. The summed E-state index contributed by atoms with van der Waals surface area (Å²) in [6.45, 7) is 2.17. The lowest BCUT2D eigenvalue weighted by atomic mass is 10.1. The van der Waals surface area contributed by atoms with Crippen LogP contribution >= 0.6 is 0 Å². The summed E-state index contributed by atoms with van der Waals surface area (Å²) in [5, 5.41) is 5.31. The Morgan fingerprint density at radius 3 is 2.34 bits per heavy atom. The van der Waals surface area contributed by atoms with Gasteiger partial charge in [-0.15, -0.1) is 0 Å². The van der Waals surface area contributed by atoms with Gasteiger partial charge in [0.1, 0.15) is 0 Å². The molecule has 0 saturated heterocycles. The van der Waals surface area contributed by atoms with Gasteiger partial charge in [-0.1, -0.05) is 12.1 Å². The van der Waals surface area contributed by atoms with Crippen LogP contribution in [0.3, 0.4) is 0 Å². The first kappa shape index (κ1) is 20.2. The van der Waals surface area contributed by atoms with Gasteiger partial charge >= 0.3 is 5.97 Å². The van der Waals surface area contributed by atoms with Crippen molar-refractivity contribution in [2.75, 3.05) is 30.5 Å². The molecule has 29 heavy (non-hydrogen) atoms. The van der Waals surface area contributed by atoms with Gasteiger partial charge in [0.25, 0.3) is 5.91 Å². The summed E-state index contributed by atoms with van der Waals surface area (Å²) in [5.74, 6) is 0.0631. The van der Waals surface area contributed by atoms with Crippen LogP contribution in [0.25, 0.3) is 0 Å². The molecule has 2 amide bonds. The molecular weight excluding hydrogens is 376 g/mol. The van der Waals surface area contributed by atoms with Gasteiger partial charge in [0.05, 0.1) is 19.6 Å². The van der Waals surface area contributed by atoms with Crippen LogP contribution in [0.15, 0.2) is 42.5 Å². The first-order valence-corrected chi connectivity index (χ1v) is 9.21. The van der Waals surface area contributed by atoms with Crippen LogP contribution in [0.4, 0.5) is 11.4 Å². The van der Waals surface area contributed by atoms with Crippen molar-refractivity contribution < 1.29 is 28.6 Å². The van der Waals surface area contributed by atoms with Crippen LogP contribution in [0.1, 0.15) is 18.9 Å². The second kappa shape index (κ2) is 9.59. The Balaban J connectivity index is 1.46. The van der Waals surface area contributed by atoms with Gasteiger partial charge in [-0.3, -0.25) is 14.4 Å². The largest absolute Gasteiger partial charge is 0.490 e. The number of rotatable bonds is 6. The highest BCUT2D eigenvalue weighted by molar-refractivity contribution is 5.93. The van der Waals surface area contributed by atoms with E-state index in [4.69, 9.17) is 14.2 Å². The molecule has 8 nitrogen and oxygen atoms in total. The zero-order chi connectivity index (χ0) is 20.6. The highest BCUT2D eigenvalue weighted by Crippen LogP contribution is 2.32. The number of amides is 2. The predicted octanol–water partition coefficient (Wildman–Crippen LogP) is 2.53. The van der Waals surface area contributed by atoms with Gasteiger partial charge in [-0.2, -0.15) is 0 Å². The lowest BCUT2D eigenvalue weighted by Gasteiger charge is -2.11. The van der Waals surface area contributed by atoms with Gasteiger partial charge in [0, 0.05) is 30.8 Å². The molecule has 0 spiro atoms. The number of hydrogen-bond donors (Lipinski definition) is 2. The fourth-order valence-corrected chi connectivity index (χ4v) is 2.71. The number of anilines is 2. The average Bonchev–Trinajstić information content (AvgIpc) is 2.92. The van der Waals surface area contributed by atoms with Gasteiger partial charge < -0.3 is 24.8 Å². The van der Waals surface area contributed by atoms with Crippen molar-refractivity contribution in [2.24, 2.45) is 0 Å². The van der Waals surface area contributed by atoms with Gasteiger partial charge in [-0.05, 0) is 29.8 Å². The van der Waals surface area contributed by atoms with Crippen LogP contribution in [0.2, 0.25) is 0 Å². The summed E-state index contributed by atoms with van der Waals surface area (Å²) in [4.78, 5) is 35.0. The number of benzene rings is 2. The number of carbonyl (C=O) groups excluding carboxylic acids is 3. The molecule has 0 unspecified atom stereocenters. The molecule has 1 heterocycles. The first-order chi connectivity index (χ1) is 14.0. The molecule has 0 radical (unpaired) electrons. The van der Waals surface area contributed by atoms with Gasteiger partial charge in [0.2, 0.25) is 5.91 Å². The summed E-state index contributed by atoms with van der Waals surface area (Å²) >= 11 is 0. The predicted molar refractivity (Wildman–Crippen MR) is 106 cm³/mol. The maximum Gasteiger partial charge on any atom is 0.310 e. The van der Waals surface area contributed by atoms with Crippen molar-refractivity contribution in [3.8, 4) is 11.5 Å². The molecule has 2 N–H and O–H groups in total. The van der Waals surface area contributed by atoms with E-state index in [1.165, 1.54) is 6.92 Å². The molecule has 1 aliphatic heterocycles. The van der Waals surface area contributed by atoms with Crippen molar-refractivity contribution in [3.05, 3.63) is 48.0 Å². The summed E-state index contributed by atoms with van der Waals surface area (Å²) in [5.41, 5.74) is 1.89. The molecule has 0 aliphatic carbocycles. The Kier molecular flexibility index (Phi) is 6.67. The molecule has 0 atom stereocenters. The van der Waals surface area contributed by atoms with Crippen LogP contribution in [-0.4, -0.2) is 37.6 Å². The molecule has 3 rings (SSSR count). The Bertz CT molecular complexity index is 895. The molecule has 1 aliphatic rings. The second-order valence-corrected chi connectivity index (χ2v) is 6.48. The van der Waals surface area contributed by atoms with Crippen LogP contribution in [0, 0.1) is 0 Å². The molecule has 152 valence electrons. The third-order valence-electron chi connectivity index (χ3n) is 4.02. The summed E-state index contributed by atoms with van der Waals surface area (Å²) in [7, 11) is 0. The van der Waals surface area contributed by atoms with Gasteiger partial charge in [0.15, 0.2) is 18.1 Å². The van der Waals surface area contributed by atoms with E-state index in [1.54, 1.807) is 42.5 Å². The van der Waals surface area contributed by atoms with Crippen molar-refractivity contribution in [1.29, 1.82) is 0 Å². The number of fused-ring (bicyclic) bond motifs is 1. The number of esters is 1. The first-order valence-electron chi connectivity index (χ1n) is 9.21. The van der Waals surface area contributed by atoms with E-state index in [1.807, 2.05) is 0 Å². The van der Waals surface area contributed by atoms with E-state index < -0.39 is 18.5 Å². The molecule has 0 saturated carbocycles. The van der Waals surface area contributed by atoms with Crippen LogP contribution in [-0.2, 0) is 25.5 Å². The molecule has 0 fully saturated rings. The third-order valence-corrected chi connectivity index (χ3v) is 4.02. The molecule has 2 aromatic rings. The Hall–Kier alpha value is -3.55. The van der Waals surface area contributed by atoms with E-state index in [9.17, 15) is 14.4 Å². The second-order valence-electron chi connectivity index (χ2n) is 6.48. The maximum atomic E-state index is 12.1. The quantitative estimate of drug-likeness (QED) is 0.725. The lowest BCUT2D eigenvalue weighted by Crippen LogP contribution is -2.21. The zero-order valence-electron chi connectivity index (χ0n) is 16.0. The van der Waals surface area contributed by atoms with E-state index in [2.05, 4.69) is 10.6 Å². The average molecular weight is 398 g/mol. The molecular formula is C21H22N2O6.